The number of hydrogen-bond donors (Lipinski definition) is 1. The zero-order chi connectivity index (χ0) is 20.1. The number of ether oxygens (including phenoxy) is 1. The first-order valence-corrected chi connectivity index (χ1v) is 10.7. The van der Waals surface area contributed by atoms with Gasteiger partial charge in [-0.05, 0) is 32.1 Å². The van der Waals surface area contributed by atoms with Crippen LogP contribution in [0.1, 0.15) is 26.2 Å². The molecule has 0 spiro atoms. The third-order valence-electron chi connectivity index (χ3n) is 4.96. The van der Waals surface area contributed by atoms with E-state index < -0.39 is 15.5 Å². The number of hydrogen-bond acceptors (Lipinski definition) is 4. The highest BCUT2D eigenvalue weighted by molar-refractivity contribution is 14.0. The smallest absolute Gasteiger partial charge is 0.381 e. The van der Waals surface area contributed by atoms with Crippen molar-refractivity contribution in [3.05, 3.63) is 0 Å². The molecule has 0 saturated carbocycles. The average molecular weight is 542 g/mol. The van der Waals surface area contributed by atoms with E-state index in [1.807, 2.05) is 18.9 Å². The second-order valence-corrected chi connectivity index (χ2v) is 9.03. The Morgan fingerprint density at radius 3 is 2.39 bits per heavy atom. The zero-order valence-corrected chi connectivity index (χ0v) is 19.4. The first-order chi connectivity index (χ1) is 12.6. The van der Waals surface area contributed by atoms with Crippen molar-refractivity contribution in [2.75, 3.05) is 53.0 Å². The van der Waals surface area contributed by atoms with Gasteiger partial charge in [-0.15, -0.1) is 24.0 Å². The highest BCUT2D eigenvalue weighted by atomic mass is 127. The van der Waals surface area contributed by atoms with E-state index in [0.717, 1.165) is 32.1 Å². The van der Waals surface area contributed by atoms with Gasteiger partial charge in [-0.1, -0.05) is 0 Å². The summed E-state index contributed by atoms with van der Waals surface area (Å²) >= 11 is 0. The second-order valence-electron chi connectivity index (χ2n) is 7.10. The third-order valence-corrected chi connectivity index (χ3v) is 6.59. The van der Waals surface area contributed by atoms with E-state index in [9.17, 15) is 21.6 Å². The minimum absolute atomic E-state index is 0. The Labute approximate surface area is 182 Å². The predicted octanol–water partition coefficient (Wildman–Crippen LogP) is 2.10. The van der Waals surface area contributed by atoms with Gasteiger partial charge in [0, 0.05) is 52.3 Å². The van der Waals surface area contributed by atoms with Crippen LogP contribution in [0.15, 0.2) is 4.99 Å². The fourth-order valence-corrected chi connectivity index (χ4v) is 4.35. The molecule has 0 aromatic rings. The average Bonchev–Trinajstić information content (AvgIpc) is 3.11. The molecular weight excluding hydrogens is 512 g/mol. The van der Waals surface area contributed by atoms with Crippen molar-refractivity contribution in [1.82, 2.24) is 14.5 Å². The van der Waals surface area contributed by atoms with Crippen LogP contribution in [-0.2, 0) is 14.8 Å². The van der Waals surface area contributed by atoms with E-state index >= 15 is 0 Å². The summed E-state index contributed by atoms with van der Waals surface area (Å²) in [7, 11) is -3.27. The van der Waals surface area contributed by atoms with Gasteiger partial charge >= 0.3 is 15.5 Å². The Kier molecular flexibility index (Phi) is 10.2. The van der Waals surface area contributed by atoms with E-state index in [1.54, 1.807) is 0 Å². The normalized spacial score (nSPS) is 22.8. The molecule has 2 heterocycles. The molecule has 1 unspecified atom stereocenters. The number of piperidine rings is 1. The molecule has 2 rings (SSSR count). The van der Waals surface area contributed by atoms with Crippen molar-refractivity contribution < 1.29 is 26.3 Å². The van der Waals surface area contributed by atoms with Gasteiger partial charge in [0.15, 0.2) is 5.96 Å². The lowest BCUT2D eigenvalue weighted by Gasteiger charge is -2.31. The molecule has 2 fully saturated rings. The van der Waals surface area contributed by atoms with Gasteiger partial charge in [0.2, 0.25) is 0 Å². The number of guanidine groups is 1. The fourth-order valence-electron chi connectivity index (χ4n) is 3.36. The Balaban J connectivity index is 0.00000392. The van der Waals surface area contributed by atoms with Gasteiger partial charge in [0.05, 0.1) is 6.61 Å². The zero-order valence-electron chi connectivity index (χ0n) is 16.2. The summed E-state index contributed by atoms with van der Waals surface area (Å²) in [5, 5.41) is 3.23. The molecule has 1 N–H and O–H groups in total. The predicted molar refractivity (Wildman–Crippen MR) is 112 cm³/mol. The maximum atomic E-state index is 12.6. The van der Waals surface area contributed by atoms with Crippen LogP contribution in [0.5, 0.6) is 0 Å². The third kappa shape index (κ3) is 6.87. The van der Waals surface area contributed by atoms with E-state index in [4.69, 9.17) is 4.74 Å². The van der Waals surface area contributed by atoms with Gasteiger partial charge in [-0.2, -0.15) is 17.5 Å². The number of alkyl halides is 3. The minimum atomic E-state index is -5.23. The lowest BCUT2D eigenvalue weighted by atomic mass is 9.98. The van der Waals surface area contributed by atoms with Crippen LogP contribution in [-0.4, -0.2) is 82.1 Å². The highest BCUT2D eigenvalue weighted by Gasteiger charge is 2.50. The van der Waals surface area contributed by atoms with Gasteiger partial charge in [-0.3, -0.25) is 4.99 Å². The van der Waals surface area contributed by atoms with Crippen molar-refractivity contribution in [1.29, 1.82) is 0 Å². The summed E-state index contributed by atoms with van der Waals surface area (Å²) in [6.07, 6.45) is 1.77. The van der Waals surface area contributed by atoms with Crippen LogP contribution in [0.3, 0.4) is 0 Å². The second kappa shape index (κ2) is 11.2. The molecule has 0 aromatic heterocycles. The Hall–Kier alpha value is -0.340. The van der Waals surface area contributed by atoms with E-state index in [2.05, 4.69) is 10.3 Å². The number of halogens is 4. The summed E-state index contributed by atoms with van der Waals surface area (Å²) in [6, 6.07) is 0. The number of rotatable bonds is 6. The topological polar surface area (TPSA) is 74.2 Å². The van der Waals surface area contributed by atoms with E-state index in [1.165, 1.54) is 0 Å². The van der Waals surface area contributed by atoms with Crippen molar-refractivity contribution in [3.8, 4) is 0 Å². The molecule has 0 aliphatic carbocycles. The van der Waals surface area contributed by atoms with E-state index in [0.29, 0.717) is 36.2 Å². The SMILES string of the molecule is CCNC(=NCC1CCN(S(=O)(=O)C(F)(F)F)CC1)N(C)CC1CCOC1.I. The molecule has 1 atom stereocenters. The molecule has 2 saturated heterocycles. The minimum Gasteiger partial charge on any atom is -0.381 e. The van der Waals surface area contributed by atoms with Crippen LogP contribution < -0.4 is 5.32 Å². The molecule has 28 heavy (non-hydrogen) atoms. The Morgan fingerprint density at radius 2 is 1.89 bits per heavy atom. The molecule has 2 aliphatic heterocycles. The van der Waals surface area contributed by atoms with Crippen LogP contribution in [0, 0.1) is 11.8 Å². The summed E-state index contributed by atoms with van der Waals surface area (Å²) in [4.78, 5) is 6.66. The number of nitrogens with zero attached hydrogens (tertiary/aromatic N) is 3. The first-order valence-electron chi connectivity index (χ1n) is 9.28. The van der Waals surface area contributed by atoms with Crippen molar-refractivity contribution in [2.24, 2.45) is 16.8 Å². The molecule has 2 aliphatic rings. The molecular formula is C16H30F3IN4O3S. The lowest BCUT2D eigenvalue weighted by molar-refractivity contribution is -0.0496. The lowest BCUT2D eigenvalue weighted by Crippen LogP contribution is -2.45. The van der Waals surface area contributed by atoms with Crippen LogP contribution in [0.4, 0.5) is 13.2 Å². The van der Waals surface area contributed by atoms with E-state index in [-0.39, 0.29) is 43.0 Å². The van der Waals surface area contributed by atoms with Gasteiger partial charge in [0.1, 0.15) is 0 Å². The van der Waals surface area contributed by atoms with Crippen molar-refractivity contribution in [2.45, 2.75) is 31.7 Å². The molecule has 0 aromatic carbocycles. The molecule has 0 bridgehead atoms. The van der Waals surface area contributed by atoms with Gasteiger partial charge < -0.3 is 15.0 Å². The first kappa shape index (κ1) is 25.7. The fraction of sp³-hybridized carbons (Fsp3) is 0.938. The number of nitrogens with one attached hydrogen (secondary N) is 1. The summed E-state index contributed by atoms with van der Waals surface area (Å²) in [5.74, 6) is 1.30. The maximum Gasteiger partial charge on any atom is 0.511 e. The maximum absolute atomic E-state index is 12.6. The Bertz CT molecular complexity index is 605. The molecule has 0 radical (unpaired) electrons. The van der Waals surface area contributed by atoms with Crippen LogP contribution in [0.2, 0.25) is 0 Å². The largest absolute Gasteiger partial charge is 0.511 e. The van der Waals surface area contributed by atoms with Gasteiger partial charge in [-0.25, -0.2) is 8.42 Å². The number of aliphatic imine (C=N–C) groups is 1. The standard InChI is InChI=1S/C16H29F3N4O3S.HI/c1-3-20-15(22(2)11-14-6-9-26-12-14)21-10-13-4-7-23(8-5-13)27(24,25)16(17,18)19;/h13-14H,3-12H2,1-2H3,(H,20,21);1H. The molecule has 12 heteroatoms. The van der Waals surface area contributed by atoms with Crippen LogP contribution >= 0.6 is 24.0 Å². The van der Waals surface area contributed by atoms with Gasteiger partial charge in [0.25, 0.3) is 0 Å². The summed E-state index contributed by atoms with van der Waals surface area (Å²) in [6.45, 7) is 5.28. The highest BCUT2D eigenvalue weighted by Crippen LogP contribution is 2.30. The molecule has 7 nitrogen and oxygen atoms in total. The molecule has 0 amide bonds. The quantitative estimate of drug-likeness (QED) is 0.316. The van der Waals surface area contributed by atoms with Crippen molar-refractivity contribution in [3.63, 3.8) is 0 Å². The van der Waals surface area contributed by atoms with Crippen LogP contribution in [0.25, 0.3) is 0 Å². The monoisotopic (exact) mass is 542 g/mol. The summed E-state index contributed by atoms with van der Waals surface area (Å²) < 4.78 is 66.8. The van der Waals surface area contributed by atoms with Crippen molar-refractivity contribution >= 4 is 40.0 Å². The number of sulfonamides is 1. The molecule has 166 valence electrons. The summed E-state index contributed by atoms with van der Waals surface area (Å²) in [5.41, 5.74) is -5.23. The Morgan fingerprint density at radius 1 is 1.25 bits per heavy atom.